The molecule has 1 N–H and O–H groups in total. The minimum atomic E-state index is 0.266. The number of fused-ring (bicyclic) bond motifs is 1. The fraction of sp³-hybridized carbons (Fsp3) is 0.176. The van der Waals surface area contributed by atoms with E-state index in [9.17, 15) is 0 Å². The van der Waals surface area contributed by atoms with Crippen LogP contribution in [0.25, 0.3) is 11.0 Å². The molecule has 0 aliphatic heterocycles. The maximum absolute atomic E-state index is 4.49. The van der Waals surface area contributed by atoms with Crippen LogP contribution >= 0.6 is 15.9 Å². The minimum Gasteiger partial charge on any atom is -0.376 e. The highest BCUT2D eigenvalue weighted by atomic mass is 79.9. The Morgan fingerprint density at radius 2 is 1.95 bits per heavy atom. The second-order valence-electron chi connectivity index (χ2n) is 4.90. The van der Waals surface area contributed by atoms with Gasteiger partial charge < -0.3 is 5.32 Å². The maximum atomic E-state index is 4.49. The van der Waals surface area contributed by atoms with Crippen LogP contribution in [0.2, 0.25) is 0 Å². The quantitative estimate of drug-likeness (QED) is 0.729. The Balaban J connectivity index is 1.97. The summed E-state index contributed by atoms with van der Waals surface area (Å²) in [6, 6.07) is 14.7. The van der Waals surface area contributed by atoms with E-state index in [0.29, 0.717) is 0 Å². The first-order valence-corrected chi connectivity index (χ1v) is 7.79. The van der Waals surface area contributed by atoms with Gasteiger partial charge in [0.15, 0.2) is 0 Å². The van der Waals surface area contributed by atoms with Crippen LogP contribution in [0.4, 0.5) is 5.69 Å². The summed E-state index contributed by atoms with van der Waals surface area (Å²) in [5, 5.41) is 3.59. The Labute approximate surface area is 132 Å². The van der Waals surface area contributed by atoms with Crippen LogP contribution in [-0.2, 0) is 0 Å². The van der Waals surface area contributed by atoms with Crippen LogP contribution in [0.15, 0.2) is 59.3 Å². The number of halogens is 1. The average molecular weight is 342 g/mol. The predicted octanol–water partition coefficient (Wildman–Crippen LogP) is 4.96. The predicted molar refractivity (Wildman–Crippen MR) is 90.3 cm³/mol. The van der Waals surface area contributed by atoms with Crippen molar-refractivity contribution >= 4 is 32.7 Å². The van der Waals surface area contributed by atoms with Crippen LogP contribution in [0.1, 0.15) is 24.9 Å². The second kappa shape index (κ2) is 6.22. The molecule has 106 valence electrons. The van der Waals surface area contributed by atoms with Crippen molar-refractivity contribution in [2.75, 3.05) is 5.32 Å². The maximum Gasteiger partial charge on any atom is 0.112 e. The fourth-order valence-electron chi connectivity index (χ4n) is 2.42. The van der Waals surface area contributed by atoms with E-state index < -0.39 is 0 Å². The molecule has 1 unspecified atom stereocenters. The monoisotopic (exact) mass is 341 g/mol. The number of nitrogens with zero attached hydrogens (tertiary/aromatic N) is 2. The Morgan fingerprint density at radius 1 is 1.14 bits per heavy atom. The highest BCUT2D eigenvalue weighted by molar-refractivity contribution is 9.10. The van der Waals surface area contributed by atoms with Gasteiger partial charge in [-0.05, 0) is 40.0 Å². The molecule has 21 heavy (non-hydrogen) atoms. The van der Waals surface area contributed by atoms with Crippen molar-refractivity contribution in [1.29, 1.82) is 0 Å². The van der Waals surface area contributed by atoms with Gasteiger partial charge in [-0.25, -0.2) is 0 Å². The SMILES string of the molecule is CCC(Nc1ccnc2cc(Br)cnc12)c1ccccc1. The van der Waals surface area contributed by atoms with Crippen LogP contribution in [0.3, 0.4) is 0 Å². The highest BCUT2D eigenvalue weighted by Crippen LogP contribution is 2.27. The van der Waals surface area contributed by atoms with E-state index in [1.165, 1.54) is 5.56 Å². The van der Waals surface area contributed by atoms with Crippen molar-refractivity contribution < 1.29 is 0 Å². The number of hydrogen-bond donors (Lipinski definition) is 1. The Kier molecular flexibility index (Phi) is 4.15. The van der Waals surface area contributed by atoms with Crippen LogP contribution in [0.5, 0.6) is 0 Å². The van der Waals surface area contributed by atoms with Gasteiger partial charge in [-0.2, -0.15) is 0 Å². The molecule has 3 aromatic rings. The molecule has 0 spiro atoms. The van der Waals surface area contributed by atoms with Crippen molar-refractivity contribution in [2.24, 2.45) is 0 Å². The molecular weight excluding hydrogens is 326 g/mol. The lowest BCUT2D eigenvalue weighted by atomic mass is 10.0. The molecule has 3 nitrogen and oxygen atoms in total. The lowest BCUT2D eigenvalue weighted by Crippen LogP contribution is -2.10. The van der Waals surface area contributed by atoms with Crippen molar-refractivity contribution in [2.45, 2.75) is 19.4 Å². The molecule has 0 aliphatic rings. The summed E-state index contributed by atoms with van der Waals surface area (Å²) >= 11 is 3.44. The highest BCUT2D eigenvalue weighted by Gasteiger charge is 2.11. The third-order valence-electron chi connectivity index (χ3n) is 3.48. The second-order valence-corrected chi connectivity index (χ2v) is 5.81. The van der Waals surface area contributed by atoms with Gasteiger partial charge in [0.25, 0.3) is 0 Å². The summed E-state index contributed by atoms with van der Waals surface area (Å²) in [5.41, 5.74) is 4.08. The summed E-state index contributed by atoms with van der Waals surface area (Å²) in [6.07, 6.45) is 4.62. The first-order chi connectivity index (χ1) is 10.3. The summed E-state index contributed by atoms with van der Waals surface area (Å²) < 4.78 is 0.940. The Bertz CT molecular complexity index is 743. The molecule has 0 aliphatic carbocycles. The lowest BCUT2D eigenvalue weighted by molar-refractivity contribution is 0.750. The molecule has 0 amide bonds. The van der Waals surface area contributed by atoms with Gasteiger partial charge in [0.2, 0.25) is 0 Å². The average Bonchev–Trinajstić information content (AvgIpc) is 2.53. The number of anilines is 1. The van der Waals surface area contributed by atoms with Crippen molar-refractivity contribution in [1.82, 2.24) is 9.97 Å². The topological polar surface area (TPSA) is 37.8 Å². The molecular formula is C17H16BrN3. The molecule has 0 fully saturated rings. The summed E-state index contributed by atoms with van der Waals surface area (Å²) in [6.45, 7) is 2.18. The number of rotatable bonds is 4. The van der Waals surface area contributed by atoms with E-state index >= 15 is 0 Å². The standard InChI is InChI=1S/C17H16BrN3/c1-2-14(12-6-4-3-5-7-12)21-15-8-9-19-16-10-13(18)11-20-17(15)16/h3-11,14H,2H2,1H3,(H,19,21). The molecule has 2 heterocycles. The van der Waals surface area contributed by atoms with Crippen molar-refractivity contribution in [3.8, 4) is 0 Å². The van der Waals surface area contributed by atoms with Gasteiger partial charge in [0.1, 0.15) is 5.52 Å². The van der Waals surface area contributed by atoms with Crippen molar-refractivity contribution in [3.63, 3.8) is 0 Å². The van der Waals surface area contributed by atoms with Gasteiger partial charge in [-0.3, -0.25) is 9.97 Å². The molecule has 2 aromatic heterocycles. The Hall–Kier alpha value is -1.94. The van der Waals surface area contributed by atoms with Gasteiger partial charge in [0.05, 0.1) is 17.2 Å². The van der Waals surface area contributed by atoms with Gasteiger partial charge in [-0.15, -0.1) is 0 Å². The van der Waals surface area contributed by atoms with Gasteiger partial charge in [0, 0.05) is 16.9 Å². The number of benzene rings is 1. The zero-order valence-electron chi connectivity index (χ0n) is 11.8. The molecule has 0 radical (unpaired) electrons. The third-order valence-corrected chi connectivity index (χ3v) is 3.92. The first-order valence-electron chi connectivity index (χ1n) is 6.99. The summed E-state index contributed by atoms with van der Waals surface area (Å²) in [7, 11) is 0. The molecule has 0 bridgehead atoms. The summed E-state index contributed by atoms with van der Waals surface area (Å²) in [4.78, 5) is 8.87. The van der Waals surface area contributed by atoms with Crippen molar-refractivity contribution in [3.05, 3.63) is 64.9 Å². The molecule has 1 atom stereocenters. The van der Waals surface area contributed by atoms with Crippen LogP contribution < -0.4 is 5.32 Å². The van der Waals surface area contributed by atoms with E-state index in [1.54, 1.807) is 6.20 Å². The van der Waals surface area contributed by atoms with E-state index in [0.717, 1.165) is 27.6 Å². The van der Waals surface area contributed by atoms with Crippen LogP contribution in [0, 0.1) is 0 Å². The normalized spacial score (nSPS) is 12.3. The summed E-state index contributed by atoms with van der Waals surface area (Å²) in [5.74, 6) is 0. The smallest absolute Gasteiger partial charge is 0.112 e. The number of nitrogens with one attached hydrogen (secondary N) is 1. The largest absolute Gasteiger partial charge is 0.376 e. The van der Waals surface area contributed by atoms with Crippen LogP contribution in [-0.4, -0.2) is 9.97 Å². The molecule has 0 saturated heterocycles. The first kappa shape index (κ1) is 14.0. The molecule has 3 rings (SSSR count). The zero-order chi connectivity index (χ0) is 14.7. The van der Waals surface area contributed by atoms with E-state index in [1.807, 2.05) is 24.4 Å². The minimum absolute atomic E-state index is 0.266. The molecule has 0 saturated carbocycles. The molecule has 4 heteroatoms. The molecule has 1 aromatic carbocycles. The Morgan fingerprint density at radius 3 is 2.71 bits per heavy atom. The zero-order valence-corrected chi connectivity index (χ0v) is 13.3. The number of pyridine rings is 2. The van der Waals surface area contributed by atoms with Gasteiger partial charge in [-0.1, -0.05) is 37.3 Å². The number of aromatic nitrogens is 2. The number of hydrogen-bond acceptors (Lipinski definition) is 3. The van der Waals surface area contributed by atoms with E-state index in [2.05, 4.69) is 62.4 Å². The van der Waals surface area contributed by atoms with E-state index in [4.69, 9.17) is 0 Å². The van der Waals surface area contributed by atoms with E-state index in [-0.39, 0.29) is 6.04 Å². The fourth-order valence-corrected chi connectivity index (χ4v) is 2.74. The lowest BCUT2D eigenvalue weighted by Gasteiger charge is -2.19. The van der Waals surface area contributed by atoms with Gasteiger partial charge >= 0.3 is 0 Å². The third kappa shape index (κ3) is 3.05.